The molecule has 0 fully saturated rings. The summed E-state index contributed by atoms with van der Waals surface area (Å²) < 4.78 is 5.47. The molecular weight excluding hydrogens is 376 g/mol. The molecule has 0 aromatic heterocycles. The van der Waals surface area contributed by atoms with Gasteiger partial charge in [-0.15, -0.1) is 0 Å². The average Bonchev–Trinajstić information content (AvgIpc) is 2.80. The molecule has 2 amide bonds. The van der Waals surface area contributed by atoms with Crippen LogP contribution in [0.15, 0.2) is 84.9 Å². The average molecular weight is 400 g/mol. The molecule has 4 rings (SSSR count). The molecule has 30 heavy (non-hydrogen) atoms. The Hall–Kier alpha value is -3.60. The zero-order valence-corrected chi connectivity index (χ0v) is 16.7. The second-order valence-corrected chi connectivity index (χ2v) is 7.23. The van der Waals surface area contributed by atoms with Crippen molar-refractivity contribution in [2.45, 2.75) is 18.9 Å². The molecule has 152 valence electrons. The van der Waals surface area contributed by atoms with Gasteiger partial charge in [-0.1, -0.05) is 72.8 Å². The van der Waals surface area contributed by atoms with E-state index in [0.29, 0.717) is 25.1 Å². The van der Waals surface area contributed by atoms with Crippen LogP contribution in [0.5, 0.6) is 5.75 Å². The molecule has 3 aromatic rings. The summed E-state index contributed by atoms with van der Waals surface area (Å²) in [5.74, 6) is 0.581. The van der Waals surface area contributed by atoms with E-state index >= 15 is 0 Å². The van der Waals surface area contributed by atoms with E-state index in [9.17, 15) is 9.59 Å². The molecule has 0 unspecified atom stereocenters. The Labute approximate surface area is 176 Å². The molecule has 0 saturated heterocycles. The molecule has 0 atom stereocenters. The number of anilines is 1. The van der Waals surface area contributed by atoms with Gasteiger partial charge in [0.25, 0.3) is 5.91 Å². The first-order chi connectivity index (χ1) is 14.7. The van der Waals surface area contributed by atoms with E-state index in [0.717, 1.165) is 16.8 Å². The van der Waals surface area contributed by atoms with Gasteiger partial charge in [0.05, 0.1) is 11.7 Å². The summed E-state index contributed by atoms with van der Waals surface area (Å²) in [6, 6.07) is 27.2. The number of hydrogen-bond acceptors (Lipinski definition) is 3. The molecule has 1 heterocycles. The van der Waals surface area contributed by atoms with Crippen LogP contribution in [0.1, 0.15) is 30.0 Å². The van der Waals surface area contributed by atoms with Crippen molar-refractivity contribution in [3.63, 3.8) is 0 Å². The van der Waals surface area contributed by atoms with E-state index in [1.807, 2.05) is 84.9 Å². The third-order valence-electron chi connectivity index (χ3n) is 5.16. The van der Waals surface area contributed by atoms with E-state index in [1.165, 1.54) is 0 Å². The lowest BCUT2D eigenvalue weighted by atomic mass is 9.98. The molecule has 0 spiro atoms. The number of rotatable bonds is 7. The molecule has 0 bridgehead atoms. The fourth-order valence-corrected chi connectivity index (χ4v) is 3.68. The minimum absolute atomic E-state index is 0.0350. The lowest BCUT2D eigenvalue weighted by Crippen LogP contribution is -2.39. The zero-order chi connectivity index (χ0) is 20.8. The number of para-hydroxylation sites is 2. The standard InChI is InChI=1S/C25H24N2O3/c28-23(16-9-17-27-21-14-7-8-15-22(21)30-18-24(27)29)26-25(19-10-3-1-4-11-19)20-12-5-2-6-13-20/h1-8,10-15,25H,9,16-18H2,(H,26,28). The van der Waals surface area contributed by atoms with Crippen molar-refractivity contribution in [3.8, 4) is 5.75 Å². The van der Waals surface area contributed by atoms with Gasteiger partial charge >= 0.3 is 0 Å². The molecule has 1 aliphatic heterocycles. The number of carbonyl (C=O) groups is 2. The van der Waals surface area contributed by atoms with Crippen molar-refractivity contribution >= 4 is 17.5 Å². The highest BCUT2D eigenvalue weighted by Crippen LogP contribution is 2.31. The van der Waals surface area contributed by atoms with Crippen LogP contribution in [0.4, 0.5) is 5.69 Å². The number of ether oxygens (including phenoxy) is 1. The van der Waals surface area contributed by atoms with Gasteiger partial charge in [0.1, 0.15) is 5.75 Å². The maximum absolute atomic E-state index is 12.7. The molecule has 1 aliphatic rings. The van der Waals surface area contributed by atoms with Crippen molar-refractivity contribution < 1.29 is 14.3 Å². The first-order valence-corrected chi connectivity index (χ1v) is 10.1. The topological polar surface area (TPSA) is 58.6 Å². The van der Waals surface area contributed by atoms with Gasteiger partial charge < -0.3 is 15.0 Å². The maximum Gasteiger partial charge on any atom is 0.265 e. The smallest absolute Gasteiger partial charge is 0.265 e. The third-order valence-corrected chi connectivity index (χ3v) is 5.16. The van der Waals surface area contributed by atoms with Gasteiger partial charge in [0.15, 0.2) is 6.61 Å². The number of benzene rings is 3. The Morgan fingerprint density at radius 1 is 0.900 bits per heavy atom. The van der Waals surface area contributed by atoms with E-state index < -0.39 is 0 Å². The summed E-state index contributed by atoms with van der Waals surface area (Å²) in [5.41, 5.74) is 2.84. The zero-order valence-electron chi connectivity index (χ0n) is 16.7. The Balaban J connectivity index is 1.40. The second-order valence-electron chi connectivity index (χ2n) is 7.23. The predicted molar refractivity (Wildman–Crippen MR) is 116 cm³/mol. The third kappa shape index (κ3) is 4.51. The van der Waals surface area contributed by atoms with Crippen LogP contribution in [0, 0.1) is 0 Å². The summed E-state index contributed by atoms with van der Waals surface area (Å²) in [5, 5.41) is 3.15. The van der Waals surface area contributed by atoms with Crippen LogP contribution >= 0.6 is 0 Å². The number of carbonyl (C=O) groups excluding carboxylic acids is 2. The molecule has 5 nitrogen and oxygen atoms in total. The van der Waals surface area contributed by atoms with E-state index in [4.69, 9.17) is 4.74 Å². The fraction of sp³-hybridized carbons (Fsp3) is 0.200. The highest BCUT2D eigenvalue weighted by Gasteiger charge is 2.25. The Kier molecular flexibility index (Phi) is 6.09. The molecule has 3 aromatic carbocycles. The van der Waals surface area contributed by atoms with Crippen LogP contribution in [0.3, 0.4) is 0 Å². The predicted octanol–water partition coefficient (Wildman–Crippen LogP) is 4.10. The first-order valence-electron chi connectivity index (χ1n) is 10.1. The number of fused-ring (bicyclic) bond motifs is 1. The van der Waals surface area contributed by atoms with Crippen molar-refractivity contribution in [1.82, 2.24) is 5.32 Å². The summed E-state index contributed by atoms with van der Waals surface area (Å²) >= 11 is 0. The van der Waals surface area contributed by atoms with Crippen LogP contribution in [-0.4, -0.2) is 25.0 Å². The Morgan fingerprint density at radius 2 is 1.50 bits per heavy atom. The van der Waals surface area contributed by atoms with Crippen molar-refractivity contribution in [1.29, 1.82) is 0 Å². The van der Waals surface area contributed by atoms with Gasteiger partial charge in [-0.3, -0.25) is 9.59 Å². The molecular formula is C25H24N2O3. The van der Waals surface area contributed by atoms with Crippen LogP contribution < -0.4 is 15.0 Å². The molecule has 0 saturated carbocycles. The van der Waals surface area contributed by atoms with Crippen molar-refractivity contribution in [2.75, 3.05) is 18.1 Å². The van der Waals surface area contributed by atoms with E-state index in [2.05, 4.69) is 5.32 Å². The maximum atomic E-state index is 12.7. The summed E-state index contributed by atoms with van der Waals surface area (Å²) in [6.07, 6.45) is 0.908. The summed E-state index contributed by atoms with van der Waals surface area (Å²) in [7, 11) is 0. The number of nitrogens with one attached hydrogen (secondary N) is 1. The van der Waals surface area contributed by atoms with Crippen LogP contribution in [0.2, 0.25) is 0 Å². The monoisotopic (exact) mass is 400 g/mol. The van der Waals surface area contributed by atoms with E-state index in [1.54, 1.807) is 4.90 Å². The summed E-state index contributed by atoms with van der Waals surface area (Å²) in [6.45, 7) is 0.515. The highest BCUT2D eigenvalue weighted by molar-refractivity contribution is 5.97. The number of amides is 2. The normalized spacial score (nSPS) is 13.0. The quantitative estimate of drug-likeness (QED) is 0.650. The van der Waals surface area contributed by atoms with Crippen molar-refractivity contribution in [2.24, 2.45) is 0 Å². The van der Waals surface area contributed by atoms with Gasteiger partial charge in [-0.25, -0.2) is 0 Å². The van der Waals surface area contributed by atoms with Gasteiger partial charge in [-0.05, 0) is 29.7 Å². The Morgan fingerprint density at radius 3 is 2.17 bits per heavy atom. The minimum Gasteiger partial charge on any atom is -0.482 e. The number of hydrogen-bond donors (Lipinski definition) is 1. The minimum atomic E-state index is -0.203. The highest BCUT2D eigenvalue weighted by atomic mass is 16.5. The SMILES string of the molecule is O=C(CCCN1C(=O)COc2ccccc21)NC(c1ccccc1)c1ccccc1. The molecule has 1 N–H and O–H groups in total. The lowest BCUT2D eigenvalue weighted by molar-refractivity contribution is -0.123. The van der Waals surface area contributed by atoms with E-state index in [-0.39, 0.29) is 24.5 Å². The fourth-order valence-electron chi connectivity index (χ4n) is 3.68. The molecule has 5 heteroatoms. The summed E-state index contributed by atoms with van der Waals surface area (Å²) in [4.78, 5) is 26.7. The lowest BCUT2D eigenvalue weighted by Gasteiger charge is -2.29. The second kappa shape index (κ2) is 9.27. The van der Waals surface area contributed by atoms with Crippen LogP contribution in [-0.2, 0) is 9.59 Å². The molecule has 0 aliphatic carbocycles. The van der Waals surface area contributed by atoms with Crippen molar-refractivity contribution in [3.05, 3.63) is 96.1 Å². The van der Waals surface area contributed by atoms with Gasteiger partial charge in [0.2, 0.25) is 5.91 Å². The van der Waals surface area contributed by atoms with Crippen LogP contribution in [0.25, 0.3) is 0 Å². The van der Waals surface area contributed by atoms with Gasteiger partial charge in [-0.2, -0.15) is 0 Å². The largest absolute Gasteiger partial charge is 0.482 e. The number of nitrogens with zero attached hydrogens (tertiary/aromatic N) is 1. The van der Waals surface area contributed by atoms with Gasteiger partial charge in [0, 0.05) is 13.0 Å². The molecule has 0 radical (unpaired) electrons. The first kappa shape index (κ1) is 19.7. The Bertz CT molecular complexity index is 966.